The number of hydrogen-bond acceptors (Lipinski definition) is 2. The molecule has 1 aliphatic heterocycles. The average Bonchev–Trinajstić information content (AvgIpc) is 3.05. The third-order valence-corrected chi connectivity index (χ3v) is 4.63. The van der Waals surface area contributed by atoms with Gasteiger partial charge in [0, 0.05) is 36.8 Å². The largest absolute Gasteiger partial charge is 0.338 e. The first kappa shape index (κ1) is 15.9. The zero-order valence-corrected chi connectivity index (χ0v) is 13.9. The van der Waals surface area contributed by atoms with Crippen LogP contribution in [0.15, 0.2) is 30.3 Å². The fraction of sp³-hybridized carbons (Fsp3) is 0.412. The molecule has 3 rings (SSSR count). The molecule has 2 heterocycles. The Morgan fingerprint density at radius 2 is 2.13 bits per heavy atom. The fourth-order valence-electron chi connectivity index (χ4n) is 3.01. The van der Waals surface area contributed by atoms with Crippen molar-refractivity contribution < 1.29 is 4.79 Å². The van der Waals surface area contributed by atoms with Crippen LogP contribution in [-0.2, 0) is 0 Å². The molecule has 122 valence electrons. The number of urea groups is 1. The lowest BCUT2D eigenvalue weighted by Crippen LogP contribution is -2.44. The topological polar surface area (TPSA) is 61.0 Å². The lowest BCUT2D eigenvalue weighted by Gasteiger charge is -2.31. The SMILES string of the molecule is CCNC(=O)N1CCC(c2cc(-c3ccccc3Cl)n[nH]2)CC1. The van der Waals surface area contributed by atoms with Crippen molar-refractivity contribution in [3.63, 3.8) is 0 Å². The highest BCUT2D eigenvalue weighted by Gasteiger charge is 2.25. The van der Waals surface area contributed by atoms with Crippen molar-refractivity contribution in [1.29, 1.82) is 0 Å². The number of benzene rings is 1. The van der Waals surface area contributed by atoms with Crippen molar-refractivity contribution in [2.24, 2.45) is 0 Å². The molecule has 2 amide bonds. The number of amides is 2. The second-order valence-electron chi connectivity index (χ2n) is 5.79. The summed E-state index contributed by atoms with van der Waals surface area (Å²) in [7, 11) is 0. The number of nitrogens with one attached hydrogen (secondary N) is 2. The van der Waals surface area contributed by atoms with Gasteiger partial charge in [-0.3, -0.25) is 5.10 Å². The van der Waals surface area contributed by atoms with Gasteiger partial charge >= 0.3 is 6.03 Å². The predicted octanol–water partition coefficient (Wildman–Crippen LogP) is 3.64. The number of halogens is 1. The van der Waals surface area contributed by atoms with Crippen LogP contribution in [-0.4, -0.2) is 40.8 Å². The van der Waals surface area contributed by atoms with Crippen LogP contribution in [0.2, 0.25) is 5.02 Å². The molecule has 2 aromatic rings. The summed E-state index contributed by atoms with van der Waals surface area (Å²) in [6.45, 7) is 4.15. The Balaban J connectivity index is 1.66. The van der Waals surface area contributed by atoms with Crippen LogP contribution in [0.4, 0.5) is 4.79 Å². The minimum atomic E-state index is 0.0346. The molecule has 2 N–H and O–H groups in total. The van der Waals surface area contributed by atoms with E-state index in [0.29, 0.717) is 17.5 Å². The summed E-state index contributed by atoms with van der Waals surface area (Å²) in [6, 6.07) is 9.83. The van der Waals surface area contributed by atoms with E-state index in [0.717, 1.165) is 42.9 Å². The molecule has 1 aliphatic rings. The lowest BCUT2D eigenvalue weighted by molar-refractivity contribution is 0.181. The summed E-state index contributed by atoms with van der Waals surface area (Å²) < 4.78 is 0. The number of hydrogen-bond donors (Lipinski definition) is 2. The van der Waals surface area contributed by atoms with Gasteiger partial charge in [0.25, 0.3) is 0 Å². The zero-order valence-electron chi connectivity index (χ0n) is 13.2. The molecule has 1 aromatic heterocycles. The molecule has 0 unspecified atom stereocenters. The number of rotatable bonds is 3. The molecule has 0 atom stereocenters. The molecular weight excluding hydrogens is 312 g/mol. The third kappa shape index (κ3) is 3.50. The maximum Gasteiger partial charge on any atom is 0.317 e. The van der Waals surface area contributed by atoms with Gasteiger partial charge in [0.15, 0.2) is 0 Å². The van der Waals surface area contributed by atoms with E-state index in [1.165, 1.54) is 0 Å². The van der Waals surface area contributed by atoms with Gasteiger partial charge < -0.3 is 10.2 Å². The fourth-order valence-corrected chi connectivity index (χ4v) is 3.24. The Morgan fingerprint density at radius 3 is 2.83 bits per heavy atom. The summed E-state index contributed by atoms with van der Waals surface area (Å²) in [4.78, 5) is 13.7. The van der Waals surface area contributed by atoms with Crippen LogP contribution >= 0.6 is 11.6 Å². The summed E-state index contributed by atoms with van der Waals surface area (Å²) >= 11 is 6.23. The lowest BCUT2D eigenvalue weighted by atomic mass is 9.93. The van der Waals surface area contributed by atoms with Crippen LogP contribution in [0.1, 0.15) is 31.4 Å². The molecule has 23 heavy (non-hydrogen) atoms. The first-order valence-corrected chi connectivity index (χ1v) is 8.39. The maximum atomic E-state index is 11.8. The minimum absolute atomic E-state index is 0.0346. The van der Waals surface area contributed by atoms with Crippen molar-refractivity contribution in [3.05, 3.63) is 41.0 Å². The molecule has 6 heteroatoms. The number of piperidine rings is 1. The molecule has 0 spiro atoms. The molecule has 0 bridgehead atoms. The highest BCUT2D eigenvalue weighted by Crippen LogP contribution is 2.31. The van der Waals surface area contributed by atoms with Crippen LogP contribution in [0.5, 0.6) is 0 Å². The summed E-state index contributed by atoms with van der Waals surface area (Å²) in [5.41, 5.74) is 2.93. The Hall–Kier alpha value is -2.01. The highest BCUT2D eigenvalue weighted by molar-refractivity contribution is 6.33. The van der Waals surface area contributed by atoms with Gasteiger partial charge in [-0.05, 0) is 31.9 Å². The molecular formula is C17H21ClN4O. The number of aromatic amines is 1. The molecule has 0 aliphatic carbocycles. The molecule has 1 saturated heterocycles. The number of H-pyrrole nitrogens is 1. The van der Waals surface area contributed by atoms with Crippen LogP contribution < -0.4 is 5.32 Å². The van der Waals surface area contributed by atoms with Gasteiger partial charge in [-0.2, -0.15) is 5.10 Å². The van der Waals surface area contributed by atoms with E-state index in [-0.39, 0.29) is 6.03 Å². The number of carbonyl (C=O) groups excluding carboxylic acids is 1. The van der Waals surface area contributed by atoms with E-state index in [1.54, 1.807) is 0 Å². The van der Waals surface area contributed by atoms with E-state index < -0.39 is 0 Å². The number of carbonyl (C=O) groups is 1. The number of nitrogens with zero attached hydrogens (tertiary/aromatic N) is 2. The van der Waals surface area contributed by atoms with Crippen LogP contribution in [0, 0.1) is 0 Å². The molecule has 5 nitrogen and oxygen atoms in total. The van der Waals surface area contributed by atoms with E-state index in [2.05, 4.69) is 21.6 Å². The quantitative estimate of drug-likeness (QED) is 0.901. The standard InChI is InChI=1S/C17H21ClN4O/c1-2-19-17(23)22-9-7-12(8-10-22)15-11-16(21-20-15)13-5-3-4-6-14(13)18/h3-6,11-12H,2,7-10H2,1H3,(H,19,23)(H,20,21). The first-order valence-electron chi connectivity index (χ1n) is 8.02. The van der Waals surface area contributed by atoms with E-state index in [1.807, 2.05) is 36.1 Å². The van der Waals surface area contributed by atoms with Crippen molar-refractivity contribution in [2.45, 2.75) is 25.7 Å². The van der Waals surface area contributed by atoms with Crippen molar-refractivity contribution in [2.75, 3.05) is 19.6 Å². The highest BCUT2D eigenvalue weighted by atomic mass is 35.5. The second kappa shape index (κ2) is 7.04. The van der Waals surface area contributed by atoms with Crippen molar-refractivity contribution >= 4 is 17.6 Å². The molecule has 1 aromatic carbocycles. The van der Waals surface area contributed by atoms with E-state index in [9.17, 15) is 4.79 Å². The Labute approximate surface area is 141 Å². The zero-order chi connectivity index (χ0) is 16.2. The molecule has 0 saturated carbocycles. The van der Waals surface area contributed by atoms with E-state index >= 15 is 0 Å². The van der Waals surface area contributed by atoms with Gasteiger partial charge in [0.1, 0.15) is 0 Å². The molecule has 0 radical (unpaired) electrons. The average molecular weight is 333 g/mol. The summed E-state index contributed by atoms with van der Waals surface area (Å²) in [6.07, 6.45) is 1.89. The Bertz CT molecular complexity index is 677. The van der Waals surface area contributed by atoms with Gasteiger partial charge in [-0.15, -0.1) is 0 Å². The Kier molecular flexibility index (Phi) is 4.86. The third-order valence-electron chi connectivity index (χ3n) is 4.30. The van der Waals surface area contributed by atoms with E-state index in [4.69, 9.17) is 11.6 Å². The Morgan fingerprint density at radius 1 is 1.39 bits per heavy atom. The maximum absolute atomic E-state index is 11.8. The van der Waals surface area contributed by atoms with Gasteiger partial charge in [0.2, 0.25) is 0 Å². The van der Waals surface area contributed by atoms with Gasteiger partial charge in [0.05, 0.1) is 10.7 Å². The number of likely N-dealkylation sites (tertiary alicyclic amines) is 1. The van der Waals surface area contributed by atoms with Crippen LogP contribution in [0.3, 0.4) is 0 Å². The van der Waals surface area contributed by atoms with Gasteiger partial charge in [-0.25, -0.2) is 4.79 Å². The normalized spacial score (nSPS) is 15.7. The monoisotopic (exact) mass is 332 g/mol. The summed E-state index contributed by atoms with van der Waals surface area (Å²) in [5, 5.41) is 11.1. The summed E-state index contributed by atoms with van der Waals surface area (Å²) in [5.74, 6) is 0.407. The predicted molar refractivity (Wildman–Crippen MR) is 91.7 cm³/mol. The van der Waals surface area contributed by atoms with Crippen molar-refractivity contribution in [1.82, 2.24) is 20.4 Å². The smallest absolute Gasteiger partial charge is 0.317 e. The van der Waals surface area contributed by atoms with Gasteiger partial charge in [-0.1, -0.05) is 29.8 Å². The van der Waals surface area contributed by atoms with Crippen LogP contribution in [0.25, 0.3) is 11.3 Å². The minimum Gasteiger partial charge on any atom is -0.338 e. The number of aromatic nitrogens is 2. The van der Waals surface area contributed by atoms with Crippen molar-refractivity contribution in [3.8, 4) is 11.3 Å². The second-order valence-corrected chi connectivity index (χ2v) is 6.19. The first-order chi connectivity index (χ1) is 11.2. The molecule has 1 fully saturated rings.